The second-order valence-electron chi connectivity index (χ2n) is 17.2. The Morgan fingerprint density at radius 2 is 0.426 bits per heavy atom. The van der Waals surface area contributed by atoms with E-state index in [9.17, 15) is 0 Å². The van der Waals surface area contributed by atoms with Crippen LogP contribution in [0.2, 0.25) is 0 Å². The Morgan fingerprint density at radius 1 is 0.221 bits per heavy atom. The SMILES string of the molecule is C(#Cc1cc(C#Cc2ccccc2)cc(C#Cc2ccccc2)c1)c1ccccc1.CC(c1ccccc1)c1ccc(C(C)c2ccccc2)c(C(C)c2ccccc2)c1C(C)c1ccccc1. The lowest BCUT2D eigenvalue weighted by atomic mass is 9.72. The van der Waals surface area contributed by atoms with Crippen molar-refractivity contribution in [3.8, 4) is 35.5 Å². The molecule has 0 heteroatoms. The Balaban J connectivity index is 0.000000189. The Bertz CT molecular complexity index is 2900. The number of hydrogen-bond acceptors (Lipinski definition) is 0. The zero-order valence-corrected chi connectivity index (χ0v) is 39.4. The van der Waals surface area contributed by atoms with E-state index in [1.807, 2.05) is 109 Å². The second-order valence-corrected chi connectivity index (χ2v) is 17.2. The van der Waals surface area contributed by atoms with Crippen molar-refractivity contribution < 1.29 is 0 Å². The lowest BCUT2D eigenvalue weighted by Gasteiger charge is -2.31. The van der Waals surface area contributed by atoms with Crippen molar-refractivity contribution in [1.82, 2.24) is 0 Å². The average Bonchev–Trinajstić information content (AvgIpc) is 3.42. The normalized spacial score (nSPS) is 12.1. The van der Waals surface area contributed by atoms with Gasteiger partial charge in [-0.3, -0.25) is 0 Å². The summed E-state index contributed by atoms with van der Waals surface area (Å²) in [6.07, 6.45) is 0. The molecule has 68 heavy (non-hydrogen) atoms. The van der Waals surface area contributed by atoms with E-state index in [0.29, 0.717) is 11.8 Å². The summed E-state index contributed by atoms with van der Waals surface area (Å²) in [6, 6.07) is 84.7. The van der Waals surface area contributed by atoms with Gasteiger partial charge >= 0.3 is 0 Å². The second kappa shape index (κ2) is 23.2. The van der Waals surface area contributed by atoms with Gasteiger partial charge in [0.25, 0.3) is 0 Å². The van der Waals surface area contributed by atoms with Gasteiger partial charge in [-0.15, -0.1) is 0 Å². The molecular formula is C68H56. The summed E-state index contributed by atoms with van der Waals surface area (Å²) in [5, 5.41) is 0. The monoisotopic (exact) mass is 872 g/mol. The molecule has 4 atom stereocenters. The Labute approximate surface area is 405 Å². The molecule has 0 radical (unpaired) electrons. The topological polar surface area (TPSA) is 0 Å². The van der Waals surface area contributed by atoms with Crippen LogP contribution in [0.25, 0.3) is 0 Å². The predicted octanol–water partition coefficient (Wildman–Crippen LogP) is 16.2. The standard InChI is InChI=1S/C38H38.C30H18/c1-27(31-17-9-5-10-18-31)35-25-26-36(28(2)32-19-11-6-12-20-32)38(30(4)34-23-15-8-16-24-34)37(35)29(3)33-21-13-7-14-22-33;1-4-10-25(11-5-1)16-19-28-22-29(20-17-26-12-6-2-7-13-26)24-30(23-28)21-18-27-14-8-3-9-15-27/h5-30H,1-4H3;1-15,22-24H. The molecule has 9 rings (SSSR count). The maximum absolute atomic E-state index is 3.25. The number of rotatable bonds is 8. The Morgan fingerprint density at radius 3 is 0.676 bits per heavy atom. The molecule has 4 unspecified atom stereocenters. The van der Waals surface area contributed by atoms with Gasteiger partial charge in [-0.05, 0) is 99.1 Å². The molecule has 0 amide bonds. The summed E-state index contributed by atoms with van der Waals surface area (Å²) in [5.41, 5.74) is 16.9. The molecule has 0 aliphatic carbocycles. The van der Waals surface area contributed by atoms with Gasteiger partial charge in [0.15, 0.2) is 0 Å². The first kappa shape index (κ1) is 46.2. The van der Waals surface area contributed by atoms with Crippen LogP contribution in [0.1, 0.15) is 129 Å². The average molecular weight is 873 g/mol. The van der Waals surface area contributed by atoms with Crippen molar-refractivity contribution >= 4 is 0 Å². The molecule has 0 aliphatic heterocycles. The number of benzene rings is 9. The molecule has 0 bridgehead atoms. The van der Waals surface area contributed by atoms with Gasteiger partial charge in [0.2, 0.25) is 0 Å². The highest BCUT2D eigenvalue weighted by molar-refractivity contribution is 5.57. The van der Waals surface area contributed by atoms with Crippen LogP contribution in [0.15, 0.2) is 243 Å². The van der Waals surface area contributed by atoms with E-state index in [1.54, 1.807) is 0 Å². The van der Waals surface area contributed by atoms with Gasteiger partial charge in [-0.2, -0.15) is 0 Å². The molecule has 0 saturated heterocycles. The molecular weight excluding hydrogens is 817 g/mol. The summed E-state index contributed by atoms with van der Waals surface area (Å²) < 4.78 is 0. The van der Waals surface area contributed by atoms with Gasteiger partial charge in [0, 0.05) is 57.1 Å². The Hall–Kier alpha value is -8.34. The molecule has 0 fully saturated rings. The van der Waals surface area contributed by atoms with Crippen molar-refractivity contribution in [1.29, 1.82) is 0 Å². The molecule has 0 nitrogen and oxygen atoms in total. The molecule has 0 spiro atoms. The zero-order valence-electron chi connectivity index (χ0n) is 39.4. The maximum atomic E-state index is 3.25. The van der Waals surface area contributed by atoms with Crippen LogP contribution >= 0.6 is 0 Å². The third-order valence-electron chi connectivity index (χ3n) is 12.7. The van der Waals surface area contributed by atoms with E-state index in [4.69, 9.17) is 0 Å². The molecule has 0 aliphatic rings. The van der Waals surface area contributed by atoms with Crippen molar-refractivity contribution in [2.75, 3.05) is 0 Å². The fourth-order valence-corrected chi connectivity index (χ4v) is 8.89. The highest BCUT2D eigenvalue weighted by atomic mass is 14.3. The lowest BCUT2D eigenvalue weighted by molar-refractivity contribution is 0.770. The minimum Gasteiger partial charge on any atom is -0.0622 e. The van der Waals surface area contributed by atoms with Crippen LogP contribution in [0.4, 0.5) is 0 Å². The maximum Gasteiger partial charge on any atom is 0.0273 e. The van der Waals surface area contributed by atoms with Crippen molar-refractivity contribution in [3.63, 3.8) is 0 Å². The van der Waals surface area contributed by atoms with E-state index in [0.717, 1.165) is 33.4 Å². The quantitative estimate of drug-likeness (QED) is 0.133. The van der Waals surface area contributed by atoms with Crippen molar-refractivity contribution in [3.05, 3.63) is 321 Å². The molecule has 0 saturated carbocycles. The summed E-state index contributed by atoms with van der Waals surface area (Å²) >= 11 is 0. The van der Waals surface area contributed by atoms with E-state index >= 15 is 0 Å². The molecule has 0 aromatic heterocycles. The van der Waals surface area contributed by atoms with E-state index in [2.05, 4.69) is 197 Å². The summed E-state index contributed by atoms with van der Waals surface area (Å²) in [7, 11) is 0. The van der Waals surface area contributed by atoms with E-state index in [-0.39, 0.29) is 11.8 Å². The molecule has 328 valence electrons. The molecule has 0 N–H and O–H groups in total. The summed E-state index contributed by atoms with van der Waals surface area (Å²) in [5.74, 6) is 20.5. The van der Waals surface area contributed by atoms with E-state index < -0.39 is 0 Å². The van der Waals surface area contributed by atoms with Crippen LogP contribution in [0.3, 0.4) is 0 Å². The van der Waals surface area contributed by atoms with Crippen molar-refractivity contribution in [2.24, 2.45) is 0 Å². The highest BCUT2D eigenvalue weighted by Crippen LogP contribution is 2.45. The molecule has 9 aromatic carbocycles. The summed E-state index contributed by atoms with van der Waals surface area (Å²) in [4.78, 5) is 0. The van der Waals surface area contributed by atoms with Crippen LogP contribution in [-0.2, 0) is 0 Å². The largest absolute Gasteiger partial charge is 0.0622 e. The van der Waals surface area contributed by atoms with Crippen molar-refractivity contribution in [2.45, 2.75) is 51.4 Å². The van der Waals surface area contributed by atoms with Crippen LogP contribution in [-0.4, -0.2) is 0 Å². The minimum atomic E-state index is 0.265. The minimum absolute atomic E-state index is 0.265. The third-order valence-corrected chi connectivity index (χ3v) is 12.7. The molecule has 0 heterocycles. The predicted molar refractivity (Wildman–Crippen MR) is 286 cm³/mol. The van der Waals surface area contributed by atoms with Gasteiger partial charge in [0.05, 0.1) is 0 Å². The number of hydrogen-bond donors (Lipinski definition) is 0. The van der Waals surface area contributed by atoms with Crippen LogP contribution < -0.4 is 0 Å². The third kappa shape index (κ3) is 12.1. The summed E-state index contributed by atoms with van der Waals surface area (Å²) in [6.45, 7) is 9.51. The van der Waals surface area contributed by atoms with Gasteiger partial charge < -0.3 is 0 Å². The first-order valence-corrected chi connectivity index (χ1v) is 23.6. The smallest absolute Gasteiger partial charge is 0.0273 e. The van der Waals surface area contributed by atoms with Gasteiger partial charge in [0.1, 0.15) is 0 Å². The fraction of sp³-hybridized carbons (Fsp3) is 0.118. The van der Waals surface area contributed by atoms with Crippen LogP contribution in [0, 0.1) is 35.5 Å². The van der Waals surface area contributed by atoms with Crippen LogP contribution in [0.5, 0.6) is 0 Å². The highest BCUT2D eigenvalue weighted by Gasteiger charge is 2.28. The zero-order chi connectivity index (χ0) is 46.9. The lowest BCUT2D eigenvalue weighted by Crippen LogP contribution is -2.15. The Kier molecular flexibility index (Phi) is 15.8. The molecule has 9 aromatic rings. The fourth-order valence-electron chi connectivity index (χ4n) is 8.89. The van der Waals surface area contributed by atoms with Gasteiger partial charge in [-0.25, -0.2) is 0 Å². The first-order chi connectivity index (χ1) is 33.4. The van der Waals surface area contributed by atoms with E-state index in [1.165, 1.54) is 44.5 Å². The van der Waals surface area contributed by atoms with Gasteiger partial charge in [-0.1, -0.05) is 251 Å². The first-order valence-electron chi connectivity index (χ1n) is 23.6.